The molecule has 0 amide bonds. The van der Waals surface area contributed by atoms with Crippen LogP contribution in [0, 0.1) is 0 Å². The normalized spacial score (nSPS) is 18.9. The van der Waals surface area contributed by atoms with Gasteiger partial charge in [-0.05, 0) is 5.56 Å². The van der Waals surface area contributed by atoms with E-state index in [1.807, 2.05) is 23.1 Å². The van der Waals surface area contributed by atoms with Crippen LogP contribution in [0.25, 0.3) is 0 Å². The Morgan fingerprint density at radius 2 is 1.56 bits per heavy atom. The number of rotatable bonds is 4. The van der Waals surface area contributed by atoms with E-state index in [4.69, 9.17) is 10.7 Å². The Hall–Kier alpha value is -0.620. The zero-order chi connectivity index (χ0) is 13.0. The fourth-order valence-electron chi connectivity index (χ4n) is 2.14. The third-order valence-electron chi connectivity index (χ3n) is 3.05. The van der Waals surface area contributed by atoms with E-state index in [-0.39, 0.29) is 5.88 Å². The van der Waals surface area contributed by atoms with Crippen LogP contribution in [-0.4, -0.2) is 50.3 Å². The maximum atomic E-state index is 11.0. The highest BCUT2D eigenvalue weighted by molar-refractivity contribution is 8.13. The summed E-state index contributed by atoms with van der Waals surface area (Å²) in [4.78, 5) is 4.20. The first-order valence-corrected chi connectivity index (χ1v) is 8.42. The first-order valence-electron chi connectivity index (χ1n) is 5.94. The SMILES string of the molecule is O=S(=O)(Cl)CN1CCN(Cc2ccccc2)CC1. The number of nitrogens with zero attached hydrogens (tertiary/aromatic N) is 2. The van der Waals surface area contributed by atoms with Crippen molar-refractivity contribution < 1.29 is 8.42 Å². The van der Waals surface area contributed by atoms with Crippen molar-refractivity contribution in [3.05, 3.63) is 35.9 Å². The molecule has 100 valence electrons. The van der Waals surface area contributed by atoms with Crippen LogP contribution < -0.4 is 0 Å². The monoisotopic (exact) mass is 288 g/mol. The molecule has 6 heteroatoms. The van der Waals surface area contributed by atoms with Crippen molar-refractivity contribution in [1.82, 2.24) is 9.80 Å². The Kier molecular flexibility index (Phi) is 4.61. The highest BCUT2D eigenvalue weighted by Crippen LogP contribution is 2.10. The van der Waals surface area contributed by atoms with E-state index in [9.17, 15) is 8.42 Å². The zero-order valence-electron chi connectivity index (χ0n) is 10.1. The molecule has 1 aromatic carbocycles. The van der Waals surface area contributed by atoms with Crippen LogP contribution in [0.4, 0.5) is 0 Å². The summed E-state index contributed by atoms with van der Waals surface area (Å²) in [5.41, 5.74) is 1.29. The topological polar surface area (TPSA) is 40.6 Å². The smallest absolute Gasteiger partial charge is 0.245 e. The van der Waals surface area contributed by atoms with Gasteiger partial charge in [-0.1, -0.05) is 30.3 Å². The Morgan fingerprint density at radius 3 is 2.11 bits per heavy atom. The van der Waals surface area contributed by atoms with Gasteiger partial charge in [0.2, 0.25) is 9.05 Å². The van der Waals surface area contributed by atoms with Crippen LogP contribution in [0.15, 0.2) is 30.3 Å². The van der Waals surface area contributed by atoms with Crippen molar-refractivity contribution in [3.63, 3.8) is 0 Å². The second-order valence-corrected chi connectivity index (χ2v) is 7.29. The molecule has 0 bridgehead atoms. The van der Waals surface area contributed by atoms with Crippen molar-refractivity contribution in [2.45, 2.75) is 6.54 Å². The molecule has 0 N–H and O–H groups in total. The Labute approximate surface area is 113 Å². The van der Waals surface area contributed by atoms with E-state index < -0.39 is 9.05 Å². The van der Waals surface area contributed by atoms with E-state index in [1.165, 1.54) is 5.56 Å². The van der Waals surface area contributed by atoms with Crippen LogP contribution >= 0.6 is 10.7 Å². The van der Waals surface area contributed by atoms with E-state index in [0.29, 0.717) is 0 Å². The van der Waals surface area contributed by atoms with Crippen LogP contribution in [0.3, 0.4) is 0 Å². The van der Waals surface area contributed by atoms with Crippen molar-refractivity contribution in [3.8, 4) is 0 Å². The standard InChI is InChI=1S/C12H17ClN2O2S/c13-18(16,17)11-15-8-6-14(7-9-15)10-12-4-2-1-3-5-12/h1-5H,6-11H2. The summed E-state index contributed by atoms with van der Waals surface area (Å²) in [7, 11) is 1.83. The van der Waals surface area contributed by atoms with Crippen LogP contribution in [0.5, 0.6) is 0 Å². The molecular weight excluding hydrogens is 272 g/mol. The quantitative estimate of drug-likeness (QED) is 0.784. The van der Waals surface area contributed by atoms with E-state index in [1.54, 1.807) is 0 Å². The van der Waals surface area contributed by atoms with Gasteiger partial charge >= 0.3 is 0 Å². The minimum absolute atomic E-state index is 0.0479. The summed E-state index contributed by atoms with van der Waals surface area (Å²) in [6.07, 6.45) is 0. The van der Waals surface area contributed by atoms with Crippen LogP contribution in [0.1, 0.15) is 5.56 Å². The summed E-state index contributed by atoms with van der Waals surface area (Å²) in [6, 6.07) is 10.3. The summed E-state index contributed by atoms with van der Waals surface area (Å²) in [5, 5.41) is 0. The lowest BCUT2D eigenvalue weighted by atomic mass is 10.2. The minimum atomic E-state index is -3.42. The molecule has 1 saturated heterocycles. The molecule has 0 aromatic heterocycles. The van der Waals surface area contributed by atoms with Crippen molar-refractivity contribution >= 4 is 19.7 Å². The lowest BCUT2D eigenvalue weighted by molar-refractivity contribution is 0.142. The van der Waals surface area contributed by atoms with Gasteiger partial charge in [0.05, 0.1) is 0 Å². The van der Waals surface area contributed by atoms with Gasteiger partial charge in [0.25, 0.3) is 0 Å². The van der Waals surface area contributed by atoms with Gasteiger partial charge < -0.3 is 0 Å². The average molecular weight is 289 g/mol. The highest BCUT2D eigenvalue weighted by Gasteiger charge is 2.20. The molecule has 0 radical (unpaired) electrons. The summed E-state index contributed by atoms with van der Waals surface area (Å²) in [5.74, 6) is -0.0479. The molecule has 0 saturated carbocycles. The third kappa shape index (κ3) is 4.57. The number of hydrogen-bond acceptors (Lipinski definition) is 4. The summed E-state index contributed by atoms with van der Waals surface area (Å²) < 4.78 is 22.0. The number of benzene rings is 1. The maximum absolute atomic E-state index is 11.0. The first kappa shape index (κ1) is 13.8. The van der Waals surface area contributed by atoms with Gasteiger partial charge in [-0.25, -0.2) is 8.42 Å². The molecular formula is C12H17ClN2O2S. The minimum Gasteiger partial charge on any atom is -0.297 e. The van der Waals surface area contributed by atoms with Crippen LogP contribution in [0.2, 0.25) is 0 Å². The highest BCUT2D eigenvalue weighted by atomic mass is 35.7. The van der Waals surface area contributed by atoms with E-state index in [0.717, 1.165) is 32.7 Å². The molecule has 2 rings (SSSR count). The average Bonchev–Trinajstić information content (AvgIpc) is 2.31. The molecule has 4 nitrogen and oxygen atoms in total. The maximum Gasteiger partial charge on any atom is 0.245 e. The molecule has 1 heterocycles. The number of piperazine rings is 1. The second kappa shape index (κ2) is 6.02. The molecule has 18 heavy (non-hydrogen) atoms. The van der Waals surface area contributed by atoms with Gasteiger partial charge in [-0.2, -0.15) is 0 Å². The van der Waals surface area contributed by atoms with Crippen molar-refractivity contribution in [2.24, 2.45) is 0 Å². The Bertz CT molecular complexity index is 470. The van der Waals surface area contributed by atoms with Crippen LogP contribution in [-0.2, 0) is 15.6 Å². The second-order valence-electron chi connectivity index (χ2n) is 4.55. The molecule has 1 aliphatic heterocycles. The van der Waals surface area contributed by atoms with Gasteiger partial charge in [0.1, 0.15) is 5.88 Å². The molecule has 1 aliphatic rings. The number of hydrogen-bond donors (Lipinski definition) is 0. The van der Waals surface area contributed by atoms with Gasteiger partial charge in [0, 0.05) is 43.4 Å². The molecule has 0 aliphatic carbocycles. The van der Waals surface area contributed by atoms with E-state index in [2.05, 4.69) is 17.0 Å². The number of halogens is 1. The predicted molar refractivity (Wildman–Crippen MR) is 72.9 cm³/mol. The fourth-order valence-corrected chi connectivity index (χ4v) is 3.24. The molecule has 0 spiro atoms. The largest absolute Gasteiger partial charge is 0.297 e. The summed E-state index contributed by atoms with van der Waals surface area (Å²) >= 11 is 0. The third-order valence-corrected chi connectivity index (χ3v) is 4.02. The Morgan fingerprint density at radius 1 is 1.00 bits per heavy atom. The van der Waals surface area contributed by atoms with E-state index >= 15 is 0 Å². The van der Waals surface area contributed by atoms with Crippen molar-refractivity contribution in [2.75, 3.05) is 32.1 Å². The van der Waals surface area contributed by atoms with Crippen molar-refractivity contribution in [1.29, 1.82) is 0 Å². The van der Waals surface area contributed by atoms with Gasteiger partial charge in [-0.3, -0.25) is 9.80 Å². The predicted octanol–water partition coefficient (Wildman–Crippen LogP) is 1.33. The molecule has 1 fully saturated rings. The first-order chi connectivity index (χ1) is 8.53. The molecule has 1 aromatic rings. The van der Waals surface area contributed by atoms with Gasteiger partial charge in [-0.15, -0.1) is 0 Å². The zero-order valence-corrected chi connectivity index (χ0v) is 11.7. The lowest BCUT2D eigenvalue weighted by Crippen LogP contribution is -2.46. The molecule has 0 atom stereocenters. The fraction of sp³-hybridized carbons (Fsp3) is 0.500. The van der Waals surface area contributed by atoms with Gasteiger partial charge in [0.15, 0.2) is 0 Å². The lowest BCUT2D eigenvalue weighted by Gasteiger charge is -2.33. The molecule has 0 unspecified atom stereocenters. The Balaban J connectivity index is 1.80. The summed E-state index contributed by atoms with van der Waals surface area (Å²) in [6.45, 7) is 4.17.